The van der Waals surface area contributed by atoms with Crippen LogP contribution in [-0.2, 0) is 0 Å². The van der Waals surface area contributed by atoms with Crippen molar-refractivity contribution in [3.8, 4) is 22.6 Å². The Labute approximate surface area is 223 Å². The van der Waals surface area contributed by atoms with Gasteiger partial charge in [-0.3, -0.25) is 14.2 Å². The number of benzene rings is 2. The summed E-state index contributed by atoms with van der Waals surface area (Å²) in [6, 6.07) is 11.2. The molecule has 0 spiro atoms. The fourth-order valence-corrected chi connectivity index (χ4v) is 4.85. The average molecular weight is 522 g/mol. The van der Waals surface area contributed by atoms with Crippen LogP contribution in [0.15, 0.2) is 66.4 Å². The molecule has 39 heavy (non-hydrogen) atoms. The average Bonchev–Trinajstić information content (AvgIpc) is 3.31. The number of nitrogens with one attached hydrogen (secondary N) is 1. The summed E-state index contributed by atoms with van der Waals surface area (Å²) in [6.45, 7) is 7.59. The van der Waals surface area contributed by atoms with Gasteiger partial charge in [0, 0.05) is 28.6 Å². The van der Waals surface area contributed by atoms with Crippen LogP contribution >= 0.6 is 0 Å². The molecule has 3 aromatic heterocycles. The molecule has 4 N–H and O–H groups in total. The maximum Gasteiger partial charge on any atom is 0.269 e. The van der Waals surface area contributed by atoms with E-state index < -0.39 is 5.91 Å². The minimum atomic E-state index is -0.656. The molecule has 0 saturated carbocycles. The van der Waals surface area contributed by atoms with Crippen LogP contribution in [-0.4, -0.2) is 43.7 Å². The van der Waals surface area contributed by atoms with Crippen molar-refractivity contribution >= 4 is 39.9 Å². The minimum absolute atomic E-state index is 0.106. The van der Waals surface area contributed by atoms with E-state index in [1.807, 2.05) is 38.1 Å². The smallest absolute Gasteiger partial charge is 0.269 e. The second kappa shape index (κ2) is 10.4. The first kappa shape index (κ1) is 25.6. The molecule has 0 aliphatic heterocycles. The zero-order valence-electron chi connectivity index (χ0n) is 21.6. The lowest BCUT2D eigenvalue weighted by Gasteiger charge is -2.15. The summed E-state index contributed by atoms with van der Waals surface area (Å²) in [5.41, 5.74) is 10.8. The van der Waals surface area contributed by atoms with E-state index in [2.05, 4.69) is 21.5 Å². The molecular weight excluding hydrogens is 494 g/mol. The van der Waals surface area contributed by atoms with E-state index in [1.165, 1.54) is 10.9 Å². The van der Waals surface area contributed by atoms with Crippen molar-refractivity contribution in [2.24, 2.45) is 5.73 Å². The molecule has 0 aliphatic carbocycles. The fraction of sp³-hybridized carbons (Fsp3) is 0.133. The molecule has 0 fully saturated rings. The van der Waals surface area contributed by atoms with Gasteiger partial charge in [0.2, 0.25) is 0 Å². The number of nitrogens with two attached hydrogens (primary N) is 1. The Bertz CT molecular complexity index is 1850. The van der Waals surface area contributed by atoms with Gasteiger partial charge in [-0.15, -0.1) is 0 Å². The molecule has 0 atom stereocenters. The number of fused-ring (bicyclic) bond motifs is 3. The SMILES string of the molecule is C=Cc1ncn(-c2cccc(-c3cnc(C(N)=O)c4[nH]c5cc(OCCO)ccc5c34)c2C)c(=O)c1/C=C\C. The predicted molar refractivity (Wildman–Crippen MR) is 153 cm³/mol. The van der Waals surface area contributed by atoms with Crippen LogP contribution in [0.5, 0.6) is 5.75 Å². The second-order valence-electron chi connectivity index (χ2n) is 8.91. The first-order chi connectivity index (χ1) is 18.9. The normalized spacial score (nSPS) is 11.5. The van der Waals surface area contributed by atoms with Crippen molar-refractivity contribution in [2.75, 3.05) is 13.2 Å². The summed E-state index contributed by atoms with van der Waals surface area (Å²) >= 11 is 0. The minimum Gasteiger partial charge on any atom is -0.491 e. The number of nitrogens with zero attached hydrogens (tertiary/aromatic N) is 3. The molecule has 0 unspecified atom stereocenters. The summed E-state index contributed by atoms with van der Waals surface area (Å²) in [7, 11) is 0. The Hall–Kier alpha value is -5.02. The summed E-state index contributed by atoms with van der Waals surface area (Å²) in [6.07, 6.45) is 8.21. The van der Waals surface area contributed by atoms with Gasteiger partial charge in [0.15, 0.2) is 5.69 Å². The van der Waals surface area contributed by atoms with Crippen molar-refractivity contribution in [1.82, 2.24) is 19.5 Å². The third-order valence-corrected chi connectivity index (χ3v) is 6.61. The Balaban J connectivity index is 1.77. The standard InChI is InChI=1S/C30H27N5O4/c1-4-7-21-23(5-2)33-16-35(30(21)38)25-9-6-8-19(17(25)3)22-15-32-28(29(31)37)27-26(22)20-11-10-18(39-13-12-36)14-24(20)34-27/h4-11,14-16,34,36H,2,12-13H2,1,3H3,(H2,31,37)/b7-4-. The number of amides is 1. The first-order valence-electron chi connectivity index (χ1n) is 12.3. The van der Waals surface area contributed by atoms with Crippen LogP contribution in [0.3, 0.4) is 0 Å². The van der Waals surface area contributed by atoms with Crippen LogP contribution < -0.4 is 16.0 Å². The number of aromatic nitrogens is 4. The highest BCUT2D eigenvalue weighted by molar-refractivity contribution is 6.19. The number of carbonyl (C=O) groups excluding carboxylic acids is 1. The van der Waals surface area contributed by atoms with Gasteiger partial charge < -0.3 is 20.6 Å². The van der Waals surface area contributed by atoms with E-state index in [9.17, 15) is 9.59 Å². The largest absolute Gasteiger partial charge is 0.491 e. The van der Waals surface area contributed by atoms with Gasteiger partial charge in [-0.25, -0.2) is 9.97 Å². The summed E-state index contributed by atoms with van der Waals surface area (Å²) in [5, 5.41) is 10.7. The topological polar surface area (TPSA) is 136 Å². The van der Waals surface area contributed by atoms with Crippen LogP contribution in [0.1, 0.15) is 34.2 Å². The van der Waals surface area contributed by atoms with Gasteiger partial charge in [0.1, 0.15) is 18.7 Å². The van der Waals surface area contributed by atoms with Crippen molar-refractivity contribution in [2.45, 2.75) is 13.8 Å². The van der Waals surface area contributed by atoms with Crippen molar-refractivity contribution < 1.29 is 14.6 Å². The quantitative estimate of drug-likeness (QED) is 0.277. The molecule has 0 aliphatic rings. The zero-order valence-corrected chi connectivity index (χ0v) is 21.6. The van der Waals surface area contributed by atoms with Crippen molar-refractivity contribution in [1.29, 1.82) is 0 Å². The molecule has 3 heterocycles. The molecule has 0 radical (unpaired) electrons. The number of H-pyrrole nitrogens is 1. The van der Waals surface area contributed by atoms with Crippen molar-refractivity contribution in [3.05, 3.63) is 94.4 Å². The summed E-state index contributed by atoms with van der Waals surface area (Å²) < 4.78 is 7.08. The fourth-order valence-electron chi connectivity index (χ4n) is 4.85. The van der Waals surface area contributed by atoms with Gasteiger partial charge in [-0.05, 0) is 49.2 Å². The molecule has 5 aromatic rings. The number of pyridine rings is 1. The van der Waals surface area contributed by atoms with Gasteiger partial charge in [-0.1, -0.05) is 30.9 Å². The Morgan fingerprint density at radius 1 is 1.23 bits per heavy atom. The number of aliphatic hydroxyl groups is 1. The monoisotopic (exact) mass is 521 g/mol. The third kappa shape index (κ3) is 4.38. The van der Waals surface area contributed by atoms with E-state index in [0.29, 0.717) is 28.2 Å². The molecular formula is C30H27N5O4. The van der Waals surface area contributed by atoms with E-state index in [1.54, 1.807) is 36.6 Å². The molecule has 9 heteroatoms. The number of carbonyl (C=O) groups is 1. The molecule has 5 rings (SSSR count). The van der Waals surface area contributed by atoms with E-state index in [4.69, 9.17) is 15.6 Å². The number of rotatable bonds is 8. The molecule has 196 valence electrons. The highest BCUT2D eigenvalue weighted by Crippen LogP contribution is 2.38. The maximum atomic E-state index is 13.4. The predicted octanol–water partition coefficient (Wildman–Crippen LogP) is 4.38. The molecule has 9 nitrogen and oxygen atoms in total. The number of hydrogen-bond donors (Lipinski definition) is 3. The van der Waals surface area contributed by atoms with E-state index in [-0.39, 0.29) is 24.5 Å². The Morgan fingerprint density at radius 2 is 2.05 bits per heavy atom. The first-order valence-corrected chi connectivity index (χ1v) is 12.3. The van der Waals surface area contributed by atoms with Gasteiger partial charge >= 0.3 is 0 Å². The number of aromatic amines is 1. The number of ether oxygens (including phenoxy) is 1. The Morgan fingerprint density at radius 3 is 2.77 bits per heavy atom. The number of aliphatic hydroxyl groups excluding tert-OH is 1. The zero-order chi connectivity index (χ0) is 27.7. The van der Waals surface area contributed by atoms with Gasteiger partial charge in [0.25, 0.3) is 11.5 Å². The lowest BCUT2D eigenvalue weighted by Crippen LogP contribution is -2.23. The number of allylic oxidation sites excluding steroid dienone is 1. The molecule has 1 amide bonds. The second-order valence-corrected chi connectivity index (χ2v) is 8.91. The van der Waals surface area contributed by atoms with Gasteiger partial charge in [-0.2, -0.15) is 0 Å². The molecule has 0 bridgehead atoms. The number of primary amides is 1. The highest BCUT2D eigenvalue weighted by Gasteiger charge is 2.20. The molecule has 0 saturated heterocycles. The summed E-state index contributed by atoms with van der Waals surface area (Å²) in [5.74, 6) is -0.0834. The summed E-state index contributed by atoms with van der Waals surface area (Å²) in [4.78, 5) is 37.8. The van der Waals surface area contributed by atoms with Crippen LogP contribution in [0.2, 0.25) is 0 Å². The molecule has 2 aromatic carbocycles. The Kier molecular flexibility index (Phi) is 6.83. The van der Waals surface area contributed by atoms with E-state index >= 15 is 0 Å². The lowest BCUT2D eigenvalue weighted by molar-refractivity contribution is 0.0997. The maximum absolute atomic E-state index is 13.4. The van der Waals surface area contributed by atoms with E-state index in [0.717, 1.165) is 33.0 Å². The number of hydrogen-bond acceptors (Lipinski definition) is 6. The van der Waals surface area contributed by atoms with Crippen molar-refractivity contribution in [3.63, 3.8) is 0 Å². The van der Waals surface area contributed by atoms with Crippen LogP contribution in [0.25, 0.3) is 50.8 Å². The highest BCUT2D eigenvalue weighted by atomic mass is 16.5. The lowest BCUT2D eigenvalue weighted by atomic mass is 9.95. The third-order valence-electron chi connectivity index (χ3n) is 6.61. The van der Waals surface area contributed by atoms with Crippen LogP contribution in [0, 0.1) is 6.92 Å². The van der Waals surface area contributed by atoms with Gasteiger partial charge in [0.05, 0.1) is 34.6 Å². The van der Waals surface area contributed by atoms with Crippen LogP contribution in [0.4, 0.5) is 0 Å².